The Morgan fingerprint density at radius 3 is 2.80 bits per heavy atom. The lowest BCUT2D eigenvalue weighted by Gasteiger charge is -2.03. The molecule has 1 heterocycles. The molecule has 0 atom stereocenters. The van der Waals surface area contributed by atoms with Gasteiger partial charge in [-0.1, -0.05) is 17.8 Å². The normalized spacial score (nSPS) is 10.5. The lowest BCUT2D eigenvalue weighted by atomic mass is 10.2. The lowest BCUT2D eigenvalue weighted by Crippen LogP contribution is -1.88. The Morgan fingerprint density at radius 2 is 2.13 bits per heavy atom. The van der Waals surface area contributed by atoms with Crippen molar-refractivity contribution in [2.24, 2.45) is 0 Å². The van der Waals surface area contributed by atoms with E-state index in [4.69, 9.17) is 5.73 Å². The molecule has 0 bridgehead atoms. The monoisotopic (exact) mass is 236 g/mol. The van der Waals surface area contributed by atoms with Crippen molar-refractivity contribution >= 4 is 28.8 Å². The molecule has 2 N–H and O–H groups in total. The molecule has 0 aliphatic carbocycles. The molecule has 15 heavy (non-hydrogen) atoms. The van der Waals surface area contributed by atoms with Gasteiger partial charge in [-0.05, 0) is 31.5 Å². The molecule has 1 aromatic carbocycles. The molecule has 0 amide bonds. The number of hydrogen-bond acceptors (Lipinski definition) is 4. The first-order chi connectivity index (χ1) is 7.15. The van der Waals surface area contributed by atoms with Gasteiger partial charge in [0.25, 0.3) is 0 Å². The molecule has 0 fully saturated rings. The molecule has 0 radical (unpaired) electrons. The van der Waals surface area contributed by atoms with Crippen LogP contribution in [0.25, 0.3) is 0 Å². The van der Waals surface area contributed by atoms with Crippen LogP contribution in [0.4, 0.5) is 5.69 Å². The van der Waals surface area contributed by atoms with Crippen LogP contribution < -0.4 is 5.73 Å². The quantitative estimate of drug-likeness (QED) is 0.811. The summed E-state index contributed by atoms with van der Waals surface area (Å²) in [6.45, 7) is 4.07. The van der Waals surface area contributed by atoms with Gasteiger partial charge in [0, 0.05) is 21.7 Å². The zero-order valence-electron chi connectivity index (χ0n) is 8.65. The number of nitrogens with two attached hydrogens (primary N) is 1. The van der Waals surface area contributed by atoms with Gasteiger partial charge < -0.3 is 5.73 Å². The number of aryl methyl sites for hydroxylation is 2. The van der Waals surface area contributed by atoms with Gasteiger partial charge in [0.15, 0.2) is 4.34 Å². The standard InChI is InChI=1S/C11H12N2S2/c1-7-3-4-9(12)10(5-7)15-11-13-8(2)6-14-11/h3-6H,12H2,1-2H3. The van der Waals surface area contributed by atoms with Crippen LogP contribution >= 0.6 is 23.1 Å². The average Bonchev–Trinajstić information content (AvgIpc) is 2.58. The molecule has 0 spiro atoms. The molecule has 4 heteroatoms. The topological polar surface area (TPSA) is 38.9 Å². The van der Waals surface area contributed by atoms with E-state index in [1.165, 1.54) is 5.56 Å². The summed E-state index contributed by atoms with van der Waals surface area (Å²) in [7, 11) is 0. The highest BCUT2D eigenvalue weighted by atomic mass is 32.2. The predicted octanol–water partition coefficient (Wildman–Crippen LogP) is 3.49. The first-order valence-electron chi connectivity index (χ1n) is 4.61. The number of nitrogens with zero attached hydrogens (tertiary/aromatic N) is 1. The van der Waals surface area contributed by atoms with Crippen LogP contribution in [0, 0.1) is 13.8 Å². The van der Waals surface area contributed by atoms with E-state index >= 15 is 0 Å². The van der Waals surface area contributed by atoms with E-state index < -0.39 is 0 Å². The number of rotatable bonds is 2. The number of anilines is 1. The summed E-state index contributed by atoms with van der Waals surface area (Å²) in [5.41, 5.74) is 9.00. The smallest absolute Gasteiger partial charge is 0.154 e. The summed E-state index contributed by atoms with van der Waals surface area (Å²) >= 11 is 3.29. The van der Waals surface area contributed by atoms with Gasteiger partial charge in [0.2, 0.25) is 0 Å². The van der Waals surface area contributed by atoms with Crippen molar-refractivity contribution in [3.05, 3.63) is 34.8 Å². The fraction of sp³-hybridized carbons (Fsp3) is 0.182. The molecule has 0 saturated heterocycles. The van der Waals surface area contributed by atoms with E-state index in [9.17, 15) is 0 Å². The van der Waals surface area contributed by atoms with Crippen molar-refractivity contribution < 1.29 is 0 Å². The summed E-state index contributed by atoms with van der Waals surface area (Å²) in [6.07, 6.45) is 0. The molecule has 0 unspecified atom stereocenters. The molecule has 0 aliphatic rings. The van der Waals surface area contributed by atoms with E-state index in [1.54, 1.807) is 23.1 Å². The van der Waals surface area contributed by atoms with Crippen LogP contribution in [0.2, 0.25) is 0 Å². The van der Waals surface area contributed by atoms with Gasteiger partial charge in [-0.25, -0.2) is 4.98 Å². The maximum atomic E-state index is 5.90. The van der Waals surface area contributed by atoms with Crippen molar-refractivity contribution in [2.45, 2.75) is 23.1 Å². The van der Waals surface area contributed by atoms with Crippen molar-refractivity contribution in [3.8, 4) is 0 Å². The summed E-state index contributed by atoms with van der Waals surface area (Å²) in [5, 5.41) is 2.05. The molecule has 0 saturated carbocycles. The molecule has 2 rings (SSSR count). The Bertz CT molecular complexity index is 477. The van der Waals surface area contributed by atoms with E-state index in [2.05, 4.69) is 18.0 Å². The minimum absolute atomic E-state index is 0.818. The van der Waals surface area contributed by atoms with Crippen LogP contribution in [0.15, 0.2) is 32.8 Å². The number of benzene rings is 1. The van der Waals surface area contributed by atoms with Crippen LogP contribution in [0.5, 0.6) is 0 Å². The third kappa shape index (κ3) is 2.52. The molecule has 2 nitrogen and oxygen atoms in total. The first-order valence-corrected chi connectivity index (χ1v) is 6.31. The SMILES string of the molecule is Cc1ccc(N)c(Sc2nc(C)cs2)c1. The maximum Gasteiger partial charge on any atom is 0.154 e. The Labute approximate surface area is 97.5 Å². The first kappa shape index (κ1) is 10.5. The molecule has 2 aromatic rings. The Hall–Kier alpha value is -1.00. The third-order valence-corrected chi connectivity index (χ3v) is 4.09. The second kappa shape index (κ2) is 4.24. The second-order valence-electron chi connectivity index (χ2n) is 3.40. The van der Waals surface area contributed by atoms with E-state index in [-0.39, 0.29) is 0 Å². The molecule has 78 valence electrons. The number of hydrogen-bond donors (Lipinski definition) is 1. The fourth-order valence-corrected chi connectivity index (χ4v) is 3.14. The van der Waals surface area contributed by atoms with Gasteiger partial charge in [0.1, 0.15) is 0 Å². The molecular formula is C11H12N2S2. The van der Waals surface area contributed by atoms with Crippen molar-refractivity contribution in [1.29, 1.82) is 0 Å². The van der Waals surface area contributed by atoms with Crippen LogP contribution in [0.3, 0.4) is 0 Å². The van der Waals surface area contributed by atoms with Gasteiger partial charge in [-0.3, -0.25) is 0 Å². The van der Waals surface area contributed by atoms with Crippen LogP contribution in [-0.4, -0.2) is 4.98 Å². The van der Waals surface area contributed by atoms with Gasteiger partial charge >= 0.3 is 0 Å². The van der Waals surface area contributed by atoms with E-state index in [0.29, 0.717) is 0 Å². The fourth-order valence-electron chi connectivity index (χ4n) is 1.20. The average molecular weight is 236 g/mol. The van der Waals surface area contributed by atoms with Crippen molar-refractivity contribution in [3.63, 3.8) is 0 Å². The number of nitrogen functional groups attached to an aromatic ring is 1. The zero-order chi connectivity index (χ0) is 10.8. The Balaban J connectivity index is 2.27. The highest BCUT2D eigenvalue weighted by Gasteiger charge is 2.05. The second-order valence-corrected chi connectivity index (χ2v) is 5.55. The zero-order valence-corrected chi connectivity index (χ0v) is 10.3. The minimum Gasteiger partial charge on any atom is -0.398 e. The van der Waals surface area contributed by atoms with Crippen molar-refractivity contribution in [2.75, 3.05) is 5.73 Å². The number of aromatic nitrogens is 1. The van der Waals surface area contributed by atoms with Gasteiger partial charge in [-0.2, -0.15) is 0 Å². The van der Waals surface area contributed by atoms with Crippen molar-refractivity contribution in [1.82, 2.24) is 4.98 Å². The minimum atomic E-state index is 0.818. The summed E-state index contributed by atoms with van der Waals surface area (Å²) in [4.78, 5) is 5.49. The highest BCUT2D eigenvalue weighted by molar-refractivity contribution is 8.01. The summed E-state index contributed by atoms with van der Waals surface area (Å²) in [6, 6.07) is 6.06. The van der Waals surface area contributed by atoms with E-state index in [0.717, 1.165) is 20.6 Å². The number of thiazole rings is 1. The van der Waals surface area contributed by atoms with Gasteiger partial charge in [-0.15, -0.1) is 11.3 Å². The largest absolute Gasteiger partial charge is 0.398 e. The van der Waals surface area contributed by atoms with Crippen LogP contribution in [0.1, 0.15) is 11.3 Å². The Kier molecular flexibility index (Phi) is 2.98. The highest BCUT2D eigenvalue weighted by Crippen LogP contribution is 2.34. The van der Waals surface area contributed by atoms with Gasteiger partial charge in [0.05, 0.1) is 0 Å². The maximum absolute atomic E-state index is 5.90. The Morgan fingerprint density at radius 1 is 1.33 bits per heavy atom. The van der Waals surface area contributed by atoms with Crippen LogP contribution in [-0.2, 0) is 0 Å². The van der Waals surface area contributed by atoms with E-state index in [1.807, 2.05) is 24.4 Å². The molecular weight excluding hydrogens is 224 g/mol. The lowest BCUT2D eigenvalue weighted by molar-refractivity contribution is 1.16. The molecule has 1 aromatic heterocycles. The third-order valence-electron chi connectivity index (χ3n) is 1.96. The molecule has 0 aliphatic heterocycles. The summed E-state index contributed by atoms with van der Waals surface area (Å²) < 4.78 is 1.05. The summed E-state index contributed by atoms with van der Waals surface area (Å²) in [5.74, 6) is 0. The predicted molar refractivity (Wildman–Crippen MR) is 66.6 cm³/mol.